The van der Waals surface area contributed by atoms with E-state index >= 15 is 0 Å². The van der Waals surface area contributed by atoms with Crippen molar-refractivity contribution in [2.45, 2.75) is 13.5 Å². The van der Waals surface area contributed by atoms with Gasteiger partial charge in [-0.2, -0.15) is 0 Å². The van der Waals surface area contributed by atoms with Crippen LogP contribution in [0.15, 0.2) is 12.1 Å². The molecule has 4 heteroatoms. The summed E-state index contributed by atoms with van der Waals surface area (Å²) in [5.41, 5.74) is 0.963. The summed E-state index contributed by atoms with van der Waals surface area (Å²) < 4.78 is 23.2. The van der Waals surface area contributed by atoms with Crippen molar-refractivity contribution in [3.63, 3.8) is 0 Å². The molecule has 1 aliphatic rings. The van der Waals surface area contributed by atoms with E-state index in [1.807, 2.05) is 0 Å². The molecule has 0 radical (unpaired) electrons. The number of Topliss-reactive ketones (excluding diaryl/α,β-unsaturated/α-hetero) is 1. The van der Waals surface area contributed by atoms with Crippen molar-refractivity contribution in [2.24, 2.45) is 0 Å². The van der Waals surface area contributed by atoms with Crippen LogP contribution in [0.1, 0.15) is 22.8 Å². The van der Waals surface area contributed by atoms with E-state index in [1.165, 1.54) is 19.1 Å². The zero-order chi connectivity index (χ0) is 10.1. The molecule has 1 aliphatic heterocycles. The van der Waals surface area contributed by atoms with Crippen LogP contribution >= 0.6 is 0 Å². The smallest absolute Gasteiger partial charge is 0.189 e. The molecule has 0 amide bonds. The second-order valence-corrected chi connectivity index (χ2v) is 3.10. The minimum Gasteiger partial charge on any atom is -0.467 e. The van der Waals surface area contributed by atoms with Gasteiger partial charge in [0.15, 0.2) is 12.6 Å². The molecular weight excluding hydrogens is 187 g/mol. The van der Waals surface area contributed by atoms with Gasteiger partial charge in [0.1, 0.15) is 11.6 Å². The van der Waals surface area contributed by atoms with Gasteiger partial charge in [-0.05, 0) is 13.0 Å². The Labute approximate surface area is 80.4 Å². The van der Waals surface area contributed by atoms with Crippen molar-refractivity contribution < 1.29 is 18.7 Å². The maximum atomic E-state index is 13.0. The second kappa shape index (κ2) is 3.38. The third-order valence-corrected chi connectivity index (χ3v) is 2.10. The molecule has 2 rings (SSSR count). The van der Waals surface area contributed by atoms with Crippen LogP contribution in [-0.2, 0) is 11.3 Å². The maximum Gasteiger partial charge on any atom is 0.189 e. The topological polar surface area (TPSA) is 35.5 Å². The SMILES string of the molecule is CC(=O)c1cc(F)cc2c1COCO2. The van der Waals surface area contributed by atoms with Crippen molar-refractivity contribution in [2.75, 3.05) is 6.79 Å². The minimum absolute atomic E-state index is 0.105. The van der Waals surface area contributed by atoms with Crippen molar-refractivity contribution in [1.82, 2.24) is 0 Å². The number of carbonyl (C=O) groups excluding carboxylic acids is 1. The Morgan fingerprint density at radius 1 is 1.50 bits per heavy atom. The number of ketones is 1. The first-order valence-corrected chi connectivity index (χ1v) is 4.22. The normalized spacial score (nSPS) is 14.4. The molecule has 1 heterocycles. The van der Waals surface area contributed by atoms with Crippen LogP contribution in [0.4, 0.5) is 4.39 Å². The summed E-state index contributed by atoms with van der Waals surface area (Å²) in [5, 5.41) is 0. The van der Waals surface area contributed by atoms with E-state index in [9.17, 15) is 9.18 Å². The van der Waals surface area contributed by atoms with Crippen LogP contribution in [0.25, 0.3) is 0 Å². The van der Waals surface area contributed by atoms with Gasteiger partial charge in [0.05, 0.1) is 6.61 Å². The van der Waals surface area contributed by atoms with Gasteiger partial charge in [-0.15, -0.1) is 0 Å². The lowest BCUT2D eigenvalue weighted by molar-refractivity contribution is -0.0169. The first-order chi connectivity index (χ1) is 6.68. The Morgan fingerprint density at radius 3 is 3.00 bits per heavy atom. The lowest BCUT2D eigenvalue weighted by Crippen LogP contribution is -2.15. The van der Waals surface area contributed by atoms with Crippen LogP contribution in [0.2, 0.25) is 0 Å². The van der Waals surface area contributed by atoms with E-state index < -0.39 is 5.82 Å². The number of ether oxygens (including phenoxy) is 2. The third-order valence-electron chi connectivity index (χ3n) is 2.10. The average Bonchev–Trinajstić information content (AvgIpc) is 2.16. The molecule has 0 saturated carbocycles. The fourth-order valence-electron chi connectivity index (χ4n) is 1.45. The Balaban J connectivity index is 2.58. The lowest BCUT2D eigenvalue weighted by atomic mass is 10.0. The molecule has 1 aromatic rings. The average molecular weight is 196 g/mol. The van der Waals surface area contributed by atoms with Gasteiger partial charge in [0.2, 0.25) is 0 Å². The van der Waals surface area contributed by atoms with Crippen molar-refractivity contribution in [3.8, 4) is 5.75 Å². The molecular formula is C10H9FO3. The van der Waals surface area contributed by atoms with Crippen LogP contribution in [0, 0.1) is 5.82 Å². The van der Waals surface area contributed by atoms with E-state index in [2.05, 4.69) is 0 Å². The van der Waals surface area contributed by atoms with E-state index in [0.717, 1.165) is 0 Å². The van der Waals surface area contributed by atoms with Gasteiger partial charge in [0, 0.05) is 17.2 Å². The monoisotopic (exact) mass is 196 g/mol. The summed E-state index contributed by atoms with van der Waals surface area (Å²) in [6.07, 6.45) is 0. The summed E-state index contributed by atoms with van der Waals surface area (Å²) in [7, 11) is 0. The summed E-state index contributed by atoms with van der Waals surface area (Å²) in [5.74, 6) is -0.243. The fraction of sp³-hybridized carbons (Fsp3) is 0.300. The van der Waals surface area contributed by atoms with E-state index in [1.54, 1.807) is 0 Å². The number of fused-ring (bicyclic) bond motifs is 1. The minimum atomic E-state index is -0.462. The highest BCUT2D eigenvalue weighted by Crippen LogP contribution is 2.28. The number of hydrogen-bond donors (Lipinski definition) is 0. The van der Waals surface area contributed by atoms with Gasteiger partial charge >= 0.3 is 0 Å². The Bertz CT molecular complexity index is 387. The first kappa shape index (κ1) is 9.15. The summed E-state index contributed by atoms with van der Waals surface area (Å²) in [6, 6.07) is 2.48. The molecule has 3 nitrogen and oxygen atoms in total. The standard InChI is InChI=1S/C10H9FO3/c1-6(12)8-2-7(11)3-10-9(8)4-13-5-14-10/h2-3H,4-5H2,1H3. The summed E-state index contributed by atoms with van der Waals surface area (Å²) in [4.78, 5) is 11.2. The highest BCUT2D eigenvalue weighted by Gasteiger charge is 2.18. The number of rotatable bonds is 1. The Hall–Kier alpha value is -1.42. The molecule has 0 spiro atoms. The van der Waals surface area contributed by atoms with Crippen molar-refractivity contribution >= 4 is 5.78 Å². The van der Waals surface area contributed by atoms with Crippen molar-refractivity contribution in [1.29, 1.82) is 0 Å². The predicted molar refractivity (Wildman–Crippen MR) is 46.7 cm³/mol. The molecule has 0 N–H and O–H groups in total. The molecule has 0 bridgehead atoms. The van der Waals surface area contributed by atoms with E-state index in [4.69, 9.17) is 9.47 Å². The zero-order valence-corrected chi connectivity index (χ0v) is 7.67. The van der Waals surface area contributed by atoms with Crippen LogP contribution in [-0.4, -0.2) is 12.6 Å². The number of carbonyl (C=O) groups is 1. The van der Waals surface area contributed by atoms with E-state index in [-0.39, 0.29) is 12.6 Å². The molecule has 0 fully saturated rings. The Kier molecular flexibility index (Phi) is 2.21. The highest BCUT2D eigenvalue weighted by atomic mass is 19.1. The Morgan fingerprint density at radius 2 is 2.29 bits per heavy atom. The van der Waals surface area contributed by atoms with Gasteiger partial charge in [-0.3, -0.25) is 4.79 Å². The van der Waals surface area contributed by atoms with Gasteiger partial charge < -0.3 is 9.47 Å². The maximum absolute atomic E-state index is 13.0. The molecule has 74 valence electrons. The number of hydrogen-bond acceptors (Lipinski definition) is 3. The van der Waals surface area contributed by atoms with E-state index in [0.29, 0.717) is 23.5 Å². The summed E-state index contributed by atoms with van der Waals surface area (Å²) >= 11 is 0. The first-order valence-electron chi connectivity index (χ1n) is 4.22. The molecule has 0 saturated heterocycles. The predicted octanol–water partition coefficient (Wildman–Crippen LogP) is 1.89. The van der Waals surface area contributed by atoms with Gasteiger partial charge in [-0.1, -0.05) is 0 Å². The largest absolute Gasteiger partial charge is 0.467 e. The van der Waals surface area contributed by atoms with Crippen molar-refractivity contribution in [3.05, 3.63) is 29.1 Å². The quantitative estimate of drug-likeness (QED) is 0.643. The highest BCUT2D eigenvalue weighted by molar-refractivity contribution is 5.96. The third kappa shape index (κ3) is 1.48. The van der Waals surface area contributed by atoms with Gasteiger partial charge in [0.25, 0.3) is 0 Å². The molecule has 0 atom stereocenters. The molecule has 14 heavy (non-hydrogen) atoms. The fourth-order valence-corrected chi connectivity index (χ4v) is 1.45. The van der Waals surface area contributed by atoms with Crippen LogP contribution < -0.4 is 4.74 Å². The number of benzene rings is 1. The second-order valence-electron chi connectivity index (χ2n) is 3.10. The lowest BCUT2D eigenvalue weighted by Gasteiger charge is -2.19. The number of halogens is 1. The molecule has 1 aromatic carbocycles. The van der Waals surface area contributed by atoms with Crippen LogP contribution in [0.5, 0.6) is 5.75 Å². The zero-order valence-electron chi connectivity index (χ0n) is 7.67. The van der Waals surface area contributed by atoms with Crippen LogP contribution in [0.3, 0.4) is 0 Å². The molecule has 0 aliphatic carbocycles. The molecule has 0 unspecified atom stereocenters. The molecule has 0 aromatic heterocycles. The summed E-state index contributed by atoms with van der Waals surface area (Å²) in [6.45, 7) is 1.79. The van der Waals surface area contributed by atoms with Gasteiger partial charge in [-0.25, -0.2) is 4.39 Å².